The lowest BCUT2D eigenvalue weighted by molar-refractivity contribution is -0.115. The molecule has 3 aromatic rings. The number of nitrogens with zero attached hydrogens (tertiary/aromatic N) is 4. The van der Waals surface area contributed by atoms with Crippen LogP contribution in [0.25, 0.3) is 16.7 Å². The Morgan fingerprint density at radius 3 is 2.76 bits per heavy atom. The molecule has 3 rings (SSSR count). The summed E-state index contributed by atoms with van der Waals surface area (Å²) in [6.45, 7) is 2.03. The Balaban J connectivity index is 2.04. The minimum absolute atomic E-state index is 0.182. The highest BCUT2D eigenvalue weighted by atomic mass is 32.2. The molecule has 2 N–H and O–H groups in total. The second-order valence-corrected chi connectivity index (χ2v) is 5.53. The lowest BCUT2D eigenvalue weighted by Gasteiger charge is -2.04. The molecule has 106 valence electrons. The van der Waals surface area contributed by atoms with Crippen molar-refractivity contribution in [1.29, 1.82) is 0 Å². The normalized spacial score (nSPS) is 10.9. The number of rotatable bonds is 4. The smallest absolute Gasteiger partial charge is 0.227 e. The van der Waals surface area contributed by atoms with Gasteiger partial charge < -0.3 is 5.73 Å². The van der Waals surface area contributed by atoms with Gasteiger partial charge in [-0.1, -0.05) is 29.5 Å². The fourth-order valence-corrected chi connectivity index (χ4v) is 2.65. The fourth-order valence-electron chi connectivity index (χ4n) is 1.95. The Bertz CT molecular complexity index is 797. The van der Waals surface area contributed by atoms with E-state index < -0.39 is 0 Å². The van der Waals surface area contributed by atoms with Crippen molar-refractivity contribution in [1.82, 2.24) is 19.7 Å². The second kappa shape index (κ2) is 5.53. The molecule has 0 atom stereocenters. The summed E-state index contributed by atoms with van der Waals surface area (Å²) in [5, 5.41) is 5.88. The van der Waals surface area contributed by atoms with Crippen LogP contribution in [0.15, 0.2) is 41.8 Å². The average Bonchev–Trinajstić information content (AvgIpc) is 2.90. The van der Waals surface area contributed by atoms with Crippen molar-refractivity contribution < 1.29 is 4.79 Å². The highest BCUT2D eigenvalue weighted by molar-refractivity contribution is 8.00. The molecule has 6 nitrogen and oxygen atoms in total. The first-order valence-electron chi connectivity index (χ1n) is 6.32. The van der Waals surface area contributed by atoms with Gasteiger partial charge in [-0.3, -0.25) is 4.79 Å². The topological polar surface area (TPSA) is 86.7 Å². The molecule has 0 fully saturated rings. The summed E-state index contributed by atoms with van der Waals surface area (Å²) in [7, 11) is 0. The van der Waals surface area contributed by atoms with Crippen molar-refractivity contribution >= 4 is 28.7 Å². The number of carbonyl (C=O) groups is 1. The third-order valence-corrected chi connectivity index (χ3v) is 3.99. The van der Waals surface area contributed by atoms with Gasteiger partial charge in [0.15, 0.2) is 5.65 Å². The molecule has 0 saturated carbocycles. The molecule has 2 heterocycles. The Labute approximate surface area is 125 Å². The molecule has 1 aromatic carbocycles. The van der Waals surface area contributed by atoms with E-state index in [1.165, 1.54) is 23.7 Å². The van der Waals surface area contributed by atoms with Crippen LogP contribution in [0, 0.1) is 6.92 Å². The first kappa shape index (κ1) is 13.6. The molecular formula is C14H13N5OS. The zero-order valence-corrected chi connectivity index (χ0v) is 12.2. The van der Waals surface area contributed by atoms with Crippen LogP contribution in [0.5, 0.6) is 0 Å². The van der Waals surface area contributed by atoms with E-state index in [1.807, 2.05) is 31.2 Å². The summed E-state index contributed by atoms with van der Waals surface area (Å²) in [6, 6.07) is 8.01. The first-order chi connectivity index (χ1) is 10.1. The van der Waals surface area contributed by atoms with Crippen LogP contribution in [0.2, 0.25) is 0 Å². The van der Waals surface area contributed by atoms with E-state index in [0.29, 0.717) is 10.7 Å². The highest BCUT2D eigenvalue weighted by Crippen LogP contribution is 2.25. The molecule has 21 heavy (non-hydrogen) atoms. The van der Waals surface area contributed by atoms with E-state index in [-0.39, 0.29) is 11.7 Å². The summed E-state index contributed by atoms with van der Waals surface area (Å²) in [6.07, 6.45) is 3.18. The van der Waals surface area contributed by atoms with E-state index in [9.17, 15) is 4.79 Å². The Morgan fingerprint density at radius 1 is 1.29 bits per heavy atom. The number of thioether (sulfide) groups is 1. The molecule has 2 aromatic heterocycles. The minimum Gasteiger partial charge on any atom is -0.369 e. The number of aryl methyl sites for hydroxylation is 1. The van der Waals surface area contributed by atoms with Gasteiger partial charge in [-0.25, -0.2) is 14.6 Å². The Morgan fingerprint density at radius 2 is 2.05 bits per heavy atom. The Kier molecular flexibility index (Phi) is 3.57. The summed E-state index contributed by atoms with van der Waals surface area (Å²) < 4.78 is 1.75. The molecule has 0 aliphatic heterocycles. The number of nitrogens with two attached hydrogens (primary N) is 1. The fraction of sp³-hybridized carbons (Fsp3) is 0.143. The molecule has 0 bridgehead atoms. The van der Waals surface area contributed by atoms with Crippen LogP contribution in [-0.2, 0) is 4.79 Å². The van der Waals surface area contributed by atoms with Gasteiger partial charge in [0.2, 0.25) is 5.91 Å². The van der Waals surface area contributed by atoms with Crippen molar-refractivity contribution in [3.8, 4) is 5.69 Å². The predicted octanol–water partition coefficient (Wildman–Crippen LogP) is 1.70. The highest BCUT2D eigenvalue weighted by Gasteiger charge is 2.12. The van der Waals surface area contributed by atoms with Gasteiger partial charge in [0.25, 0.3) is 0 Å². The third kappa shape index (κ3) is 2.73. The molecule has 0 saturated heterocycles. The number of aromatic nitrogens is 4. The van der Waals surface area contributed by atoms with Gasteiger partial charge in [-0.2, -0.15) is 5.10 Å². The second-order valence-electron chi connectivity index (χ2n) is 4.56. The van der Waals surface area contributed by atoms with Gasteiger partial charge in [-0.05, 0) is 19.1 Å². The van der Waals surface area contributed by atoms with Crippen molar-refractivity contribution in [2.45, 2.75) is 11.9 Å². The molecule has 0 spiro atoms. The number of fused-ring (bicyclic) bond motifs is 1. The van der Waals surface area contributed by atoms with Crippen LogP contribution in [0.4, 0.5) is 0 Å². The number of hydrogen-bond donors (Lipinski definition) is 1. The summed E-state index contributed by atoms with van der Waals surface area (Å²) in [4.78, 5) is 19.4. The monoisotopic (exact) mass is 299 g/mol. The summed E-state index contributed by atoms with van der Waals surface area (Å²) >= 11 is 1.29. The van der Waals surface area contributed by atoms with Crippen LogP contribution in [-0.4, -0.2) is 31.4 Å². The SMILES string of the molecule is Cc1ccc(-n2ncc3c(SCC(N)=O)ncnc32)cc1. The van der Waals surface area contributed by atoms with Gasteiger partial charge in [0.05, 0.1) is 23.0 Å². The maximum Gasteiger partial charge on any atom is 0.227 e. The van der Waals surface area contributed by atoms with E-state index in [4.69, 9.17) is 5.73 Å². The standard InChI is InChI=1S/C14H13N5OS/c1-9-2-4-10(5-3-9)19-13-11(6-18-19)14(17-8-16-13)21-7-12(15)20/h2-6,8H,7H2,1H3,(H2,15,20). The van der Waals surface area contributed by atoms with Crippen molar-refractivity contribution in [2.24, 2.45) is 5.73 Å². The van der Waals surface area contributed by atoms with E-state index in [1.54, 1.807) is 10.9 Å². The summed E-state index contributed by atoms with van der Waals surface area (Å²) in [5.41, 5.74) is 7.99. The first-order valence-corrected chi connectivity index (χ1v) is 7.30. The van der Waals surface area contributed by atoms with Gasteiger partial charge in [0.1, 0.15) is 11.4 Å². The zero-order valence-electron chi connectivity index (χ0n) is 11.4. The average molecular weight is 299 g/mol. The van der Waals surface area contributed by atoms with Gasteiger partial charge >= 0.3 is 0 Å². The minimum atomic E-state index is -0.377. The van der Waals surface area contributed by atoms with Crippen molar-refractivity contribution in [3.63, 3.8) is 0 Å². The van der Waals surface area contributed by atoms with Crippen LogP contribution >= 0.6 is 11.8 Å². The Hall–Kier alpha value is -2.41. The lowest BCUT2D eigenvalue weighted by Crippen LogP contribution is -2.13. The number of amides is 1. The van der Waals surface area contributed by atoms with Crippen LogP contribution < -0.4 is 5.73 Å². The number of benzene rings is 1. The van der Waals surface area contributed by atoms with Crippen LogP contribution in [0.1, 0.15) is 5.56 Å². The van der Waals surface area contributed by atoms with Crippen molar-refractivity contribution in [2.75, 3.05) is 5.75 Å². The predicted molar refractivity (Wildman–Crippen MR) is 81.3 cm³/mol. The van der Waals surface area contributed by atoms with Gasteiger partial charge in [-0.15, -0.1) is 0 Å². The van der Waals surface area contributed by atoms with E-state index in [2.05, 4.69) is 15.1 Å². The molecular weight excluding hydrogens is 286 g/mol. The lowest BCUT2D eigenvalue weighted by atomic mass is 10.2. The molecule has 1 amide bonds. The van der Waals surface area contributed by atoms with Crippen LogP contribution in [0.3, 0.4) is 0 Å². The maximum absolute atomic E-state index is 10.9. The molecule has 0 aliphatic rings. The quantitative estimate of drug-likeness (QED) is 0.585. The molecule has 0 aliphatic carbocycles. The number of hydrogen-bond acceptors (Lipinski definition) is 5. The number of primary amides is 1. The largest absolute Gasteiger partial charge is 0.369 e. The molecule has 0 unspecified atom stereocenters. The van der Waals surface area contributed by atoms with E-state index in [0.717, 1.165) is 11.1 Å². The summed E-state index contributed by atoms with van der Waals surface area (Å²) in [5.74, 6) is -0.195. The zero-order chi connectivity index (χ0) is 14.8. The number of carbonyl (C=O) groups excluding carboxylic acids is 1. The molecule has 0 radical (unpaired) electrons. The third-order valence-electron chi connectivity index (χ3n) is 2.96. The van der Waals surface area contributed by atoms with Gasteiger partial charge in [0, 0.05) is 0 Å². The maximum atomic E-state index is 10.9. The molecule has 7 heteroatoms. The van der Waals surface area contributed by atoms with Crippen molar-refractivity contribution in [3.05, 3.63) is 42.4 Å². The van der Waals surface area contributed by atoms with E-state index >= 15 is 0 Å².